The molecule has 82 valence electrons. The second-order valence-electron chi connectivity index (χ2n) is 3.76. The van der Waals surface area contributed by atoms with Crippen molar-refractivity contribution in [3.63, 3.8) is 0 Å². The number of halogens is 1. The van der Waals surface area contributed by atoms with Crippen LogP contribution in [0.3, 0.4) is 0 Å². The number of aliphatic carboxylic acids is 1. The normalized spacial score (nSPS) is 23.9. The third kappa shape index (κ3) is 2.19. The van der Waals surface area contributed by atoms with E-state index >= 15 is 0 Å². The molecular weight excluding hydrogens is 315 g/mol. The number of hydrogen-bond donors (Lipinski definition) is 1. The Morgan fingerprint density at radius 3 is 2.62 bits per heavy atom. The molecule has 1 unspecified atom stereocenters. The maximum absolute atomic E-state index is 11.2. The summed E-state index contributed by atoms with van der Waals surface area (Å²) in [5.41, 5.74) is 2.16. The minimum absolute atomic E-state index is 0.531. The quantitative estimate of drug-likeness (QED) is 0.669. The Morgan fingerprint density at radius 2 is 2.00 bits per heavy atom. The predicted octanol–water partition coefficient (Wildman–Crippen LogP) is 3.29. The van der Waals surface area contributed by atoms with Gasteiger partial charge in [0.05, 0.1) is 0 Å². The number of carboxylic acid groups (broad SMARTS) is 1. The van der Waals surface area contributed by atoms with Crippen molar-refractivity contribution in [2.75, 3.05) is 0 Å². The van der Waals surface area contributed by atoms with Gasteiger partial charge < -0.3 is 5.11 Å². The maximum Gasteiger partial charge on any atom is 0.323 e. The molecule has 16 heavy (non-hydrogen) atoms. The molecule has 0 saturated carbocycles. The second-order valence-corrected chi connectivity index (χ2v) is 5.69. The molecule has 3 heteroatoms. The highest BCUT2D eigenvalue weighted by Gasteiger charge is 2.35. The SMILES string of the molecule is O=C(O)C1(I)C=CC=C(c2ccccc2)C1. The summed E-state index contributed by atoms with van der Waals surface area (Å²) in [4.78, 5) is 11.2. The van der Waals surface area contributed by atoms with E-state index in [1.165, 1.54) is 0 Å². The van der Waals surface area contributed by atoms with Crippen LogP contribution in [0.5, 0.6) is 0 Å². The molecule has 2 nitrogen and oxygen atoms in total. The van der Waals surface area contributed by atoms with Crippen LogP contribution in [0.25, 0.3) is 5.57 Å². The summed E-state index contributed by atoms with van der Waals surface area (Å²) in [5.74, 6) is -0.786. The van der Waals surface area contributed by atoms with E-state index in [1.807, 2.05) is 65.1 Å². The van der Waals surface area contributed by atoms with Gasteiger partial charge in [-0.15, -0.1) is 0 Å². The van der Waals surface area contributed by atoms with Gasteiger partial charge in [-0.1, -0.05) is 71.2 Å². The van der Waals surface area contributed by atoms with Gasteiger partial charge in [0.1, 0.15) is 3.42 Å². The number of carboxylic acids is 1. The van der Waals surface area contributed by atoms with Gasteiger partial charge in [-0.25, -0.2) is 0 Å². The minimum atomic E-state index is -0.808. The summed E-state index contributed by atoms with van der Waals surface area (Å²) in [6.07, 6.45) is 6.08. The van der Waals surface area contributed by atoms with E-state index in [9.17, 15) is 9.90 Å². The van der Waals surface area contributed by atoms with Crippen LogP contribution < -0.4 is 0 Å². The molecule has 0 fully saturated rings. The van der Waals surface area contributed by atoms with E-state index in [4.69, 9.17) is 0 Å². The zero-order valence-corrected chi connectivity index (χ0v) is 10.7. The van der Waals surface area contributed by atoms with Crippen LogP contribution in [0.4, 0.5) is 0 Å². The topological polar surface area (TPSA) is 37.3 Å². The van der Waals surface area contributed by atoms with Crippen molar-refractivity contribution in [2.24, 2.45) is 0 Å². The zero-order chi connectivity index (χ0) is 11.6. The maximum atomic E-state index is 11.2. The van der Waals surface area contributed by atoms with E-state index in [0.29, 0.717) is 6.42 Å². The van der Waals surface area contributed by atoms with Gasteiger partial charge in [-0.05, 0) is 11.1 Å². The van der Waals surface area contributed by atoms with E-state index in [2.05, 4.69) is 0 Å². The molecule has 0 aromatic heterocycles. The van der Waals surface area contributed by atoms with Crippen molar-refractivity contribution in [3.05, 3.63) is 54.1 Å². The molecule has 0 aliphatic heterocycles. The van der Waals surface area contributed by atoms with Gasteiger partial charge in [0.15, 0.2) is 0 Å². The molecule has 1 aromatic rings. The molecule has 1 atom stereocenters. The van der Waals surface area contributed by atoms with Gasteiger partial charge >= 0.3 is 5.97 Å². The third-order valence-corrected chi connectivity index (χ3v) is 3.81. The zero-order valence-electron chi connectivity index (χ0n) is 8.56. The summed E-state index contributed by atoms with van der Waals surface area (Å²) in [7, 11) is 0. The summed E-state index contributed by atoms with van der Waals surface area (Å²) in [5, 5.41) is 9.18. The fraction of sp³-hybridized carbons (Fsp3) is 0.154. The Morgan fingerprint density at radius 1 is 1.31 bits per heavy atom. The van der Waals surface area contributed by atoms with Crippen molar-refractivity contribution in [2.45, 2.75) is 9.84 Å². The van der Waals surface area contributed by atoms with Crippen molar-refractivity contribution >= 4 is 34.1 Å². The molecule has 1 N–H and O–H groups in total. The van der Waals surface area contributed by atoms with Gasteiger partial charge in [-0.3, -0.25) is 4.79 Å². The Kier molecular flexibility index (Phi) is 3.14. The van der Waals surface area contributed by atoms with Crippen LogP contribution in [0, 0.1) is 0 Å². The van der Waals surface area contributed by atoms with Crippen molar-refractivity contribution < 1.29 is 9.90 Å². The smallest absolute Gasteiger partial charge is 0.323 e. The molecular formula is C13H11IO2. The Balaban J connectivity index is 2.31. The first-order valence-electron chi connectivity index (χ1n) is 4.98. The molecule has 1 aromatic carbocycles. The van der Waals surface area contributed by atoms with Crippen LogP contribution in [-0.2, 0) is 4.79 Å². The molecule has 0 radical (unpaired) electrons. The Bertz CT molecular complexity index is 462. The van der Waals surface area contributed by atoms with Crippen LogP contribution >= 0.6 is 22.6 Å². The standard InChI is InChI=1S/C13H11IO2/c14-13(12(15)16)8-4-7-11(9-13)10-5-2-1-3-6-10/h1-8H,9H2,(H,15,16). The number of allylic oxidation sites excluding steroid dienone is 3. The van der Waals surface area contributed by atoms with Gasteiger partial charge in [-0.2, -0.15) is 0 Å². The number of benzene rings is 1. The van der Waals surface area contributed by atoms with Gasteiger partial charge in [0.2, 0.25) is 0 Å². The molecule has 0 spiro atoms. The van der Waals surface area contributed by atoms with E-state index < -0.39 is 9.39 Å². The molecule has 1 aliphatic carbocycles. The lowest BCUT2D eigenvalue weighted by molar-refractivity contribution is -0.137. The van der Waals surface area contributed by atoms with Crippen LogP contribution in [0.15, 0.2) is 48.6 Å². The number of carbonyl (C=O) groups is 1. The number of rotatable bonds is 2. The molecule has 0 saturated heterocycles. The third-order valence-electron chi connectivity index (χ3n) is 2.61. The monoisotopic (exact) mass is 326 g/mol. The largest absolute Gasteiger partial charge is 0.480 e. The summed E-state index contributed by atoms with van der Waals surface area (Å²) in [6, 6.07) is 9.89. The molecule has 0 amide bonds. The van der Waals surface area contributed by atoms with Crippen molar-refractivity contribution in [1.82, 2.24) is 0 Å². The Hall–Kier alpha value is -1.10. The Labute approximate surface area is 108 Å². The first-order valence-corrected chi connectivity index (χ1v) is 6.06. The van der Waals surface area contributed by atoms with Crippen LogP contribution in [0.1, 0.15) is 12.0 Å². The van der Waals surface area contributed by atoms with Crippen LogP contribution in [-0.4, -0.2) is 14.5 Å². The highest BCUT2D eigenvalue weighted by atomic mass is 127. The van der Waals surface area contributed by atoms with Crippen molar-refractivity contribution in [3.8, 4) is 0 Å². The summed E-state index contributed by atoms with van der Waals surface area (Å²) in [6.45, 7) is 0. The average Bonchev–Trinajstić information content (AvgIpc) is 2.30. The van der Waals surface area contributed by atoms with Gasteiger partial charge in [0, 0.05) is 6.42 Å². The summed E-state index contributed by atoms with van der Waals surface area (Å²) < 4.78 is -0.808. The lowest BCUT2D eigenvalue weighted by atomic mass is 9.90. The molecule has 2 rings (SSSR count). The minimum Gasteiger partial charge on any atom is -0.480 e. The second kappa shape index (κ2) is 4.41. The molecule has 0 bridgehead atoms. The van der Waals surface area contributed by atoms with Crippen LogP contribution in [0.2, 0.25) is 0 Å². The fourth-order valence-corrected chi connectivity index (χ4v) is 2.33. The lowest BCUT2D eigenvalue weighted by Gasteiger charge is -2.23. The van der Waals surface area contributed by atoms with E-state index in [0.717, 1.165) is 11.1 Å². The highest BCUT2D eigenvalue weighted by Crippen LogP contribution is 2.36. The highest BCUT2D eigenvalue weighted by molar-refractivity contribution is 14.1. The summed E-state index contributed by atoms with van der Waals surface area (Å²) >= 11 is 1.99. The average molecular weight is 326 g/mol. The van der Waals surface area contributed by atoms with Crippen molar-refractivity contribution in [1.29, 1.82) is 0 Å². The van der Waals surface area contributed by atoms with E-state index in [-0.39, 0.29) is 0 Å². The molecule has 1 aliphatic rings. The lowest BCUT2D eigenvalue weighted by Crippen LogP contribution is -2.30. The predicted molar refractivity (Wildman–Crippen MR) is 72.6 cm³/mol. The number of hydrogen-bond acceptors (Lipinski definition) is 1. The first-order chi connectivity index (χ1) is 7.62. The van der Waals surface area contributed by atoms with Gasteiger partial charge in [0.25, 0.3) is 0 Å². The molecule has 0 heterocycles. The van der Waals surface area contributed by atoms with E-state index in [1.54, 1.807) is 6.08 Å². The first kappa shape index (κ1) is 11.4. The number of alkyl halides is 1. The fourth-order valence-electron chi connectivity index (χ4n) is 1.71.